The molecule has 3 heteroatoms. The molecule has 0 saturated carbocycles. The van der Waals surface area contributed by atoms with E-state index < -0.39 is 6.56 Å². The van der Waals surface area contributed by atoms with Gasteiger partial charge in [0.05, 0.1) is 9.30 Å². The van der Waals surface area contributed by atoms with Crippen LogP contribution >= 0.6 is 0 Å². The summed E-state index contributed by atoms with van der Waals surface area (Å²) < 4.78 is 15.8. The monoisotopic (exact) mass is 343 g/mol. The molecule has 0 aliphatic heterocycles. The Hall–Kier alpha value is -1.84. The highest BCUT2D eigenvalue weighted by Gasteiger charge is 2.31. The van der Waals surface area contributed by atoms with Crippen LogP contribution in [0.25, 0.3) is 0 Å². The van der Waals surface area contributed by atoms with E-state index >= 15 is 0 Å². The number of phenolic OH excluding ortho intramolecular Hbond substituents is 1. The maximum atomic E-state index is 10.1. The Morgan fingerprint density at radius 2 is 1.56 bits per heavy atom. The second kappa shape index (κ2) is 8.50. The van der Waals surface area contributed by atoms with Crippen LogP contribution in [0.15, 0.2) is 48.5 Å². The van der Waals surface area contributed by atoms with Gasteiger partial charge in [0.15, 0.2) is 0 Å². The van der Waals surface area contributed by atoms with E-state index in [4.69, 9.17) is 2.74 Å². The number of rotatable bonds is 7. The average Bonchev–Trinajstić information content (AvgIpc) is 2.54. The van der Waals surface area contributed by atoms with Crippen molar-refractivity contribution in [3.63, 3.8) is 0 Å². The van der Waals surface area contributed by atoms with Crippen molar-refractivity contribution in [3.8, 4) is 5.75 Å². The molecule has 1 unspecified atom stereocenters. The summed E-state index contributed by atoms with van der Waals surface area (Å²) in [6.07, 6.45) is 0. The fourth-order valence-corrected chi connectivity index (χ4v) is 4.00. The number of hydrogen-bond donors (Lipinski definition) is 2. The molecule has 0 aromatic heterocycles. The lowest BCUT2D eigenvalue weighted by molar-refractivity contribution is 0.111. The van der Waals surface area contributed by atoms with Gasteiger partial charge >= 0.3 is 0 Å². The number of hydrogen-bond acceptors (Lipinski definition) is 3. The molecule has 0 radical (unpaired) electrons. The number of benzene rings is 2. The predicted octanol–water partition coefficient (Wildman–Crippen LogP) is 4.52. The van der Waals surface area contributed by atoms with Gasteiger partial charge in [-0.3, -0.25) is 4.90 Å². The van der Waals surface area contributed by atoms with Crippen molar-refractivity contribution in [3.05, 3.63) is 65.2 Å². The molecule has 2 aromatic rings. The zero-order valence-electron chi connectivity index (χ0n) is 17.8. The topological polar surface area (TPSA) is 43.7 Å². The smallest absolute Gasteiger partial charge is 0.115 e. The standard InChI is InChI=1S/C22H31NO2/c1-15(2)23(16(3)4)17(5)22(18-9-7-6-8-10-18)21-13-20(25)12-11-19(21)14-24/h6-13,15-17,22,24-25H,14H2,1-5H3/t17?,22-/m1/s1/i14D2. The lowest BCUT2D eigenvalue weighted by Gasteiger charge is -2.41. The lowest BCUT2D eigenvalue weighted by atomic mass is 9.82. The van der Waals surface area contributed by atoms with Gasteiger partial charge in [-0.25, -0.2) is 0 Å². The van der Waals surface area contributed by atoms with E-state index in [-0.39, 0.29) is 35.4 Å². The van der Waals surface area contributed by atoms with Crippen LogP contribution in [0.4, 0.5) is 0 Å². The lowest BCUT2D eigenvalue weighted by Crippen LogP contribution is -2.46. The molecule has 25 heavy (non-hydrogen) atoms. The second-order valence-corrected chi connectivity index (χ2v) is 7.15. The third-order valence-corrected chi connectivity index (χ3v) is 4.79. The van der Waals surface area contributed by atoms with Gasteiger partial charge in [-0.2, -0.15) is 0 Å². The number of phenols is 1. The van der Waals surface area contributed by atoms with Crippen molar-refractivity contribution >= 4 is 0 Å². The van der Waals surface area contributed by atoms with Crippen LogP contribution in [0.1, 0.15) is 60.0 Å². The summed E-state index contributed by atoms with van der Waals surface area (Å²) in [6.45, 7) is 8.22. The van der Waals surface area contributed by atoms with Gasteiger partial charge in [-0.15, -0.1) is 0 Å². The van der Waals surface area contributed by atoms with Crippen LogP contribution in [0.3, 0.4) is 0 Å². The molecule has 2 aromatic carbocycles. The second-order valence-electron chi connectivity index (χ2n) is 7.15. The van der Waals surface area contributed by atoms with Crippen molar-refractivity contribution in [1.29, 1.82) is 0 Å². The SMILES string of the molecule is [2H]C([2H])(O)c1ccc(O)cc1[C@@H](c1ccccc1)C(C)N(C(C)C)C(C)C. The Labute approximate surface area is 154 Å². The first-order valence-corrected chi connectivity index (χ1v) is 8.92. The molecule has 0 spiro atoms. The van der Waals surface area contributed by atoms with Crippen LogP contribution in [-0.2, 0) is 6.56 Å². The number of aliphatic hydroxyl groups is 1. The Bertz CT molecular complexity index is 734. The minimum atomic E-state index is -2.49. The first-order chi connectivity index (χ1) is 12.5. The van der Waals surface area contributed by atoms with Crippen LogP contribution < -0.4 is 0 Å². The van der Waals surface area contributed by atoms with Crippen molar-refractivity contribution in [2.45, 2.75) is 65.2 Å². The Morgan fingerprint density at radius 1 is 0.960 bits per heavy atom. The summed E-state index contributed by atoms with van der Waals surface area (Å²) in [4.78, 5) is 2.37. The Kier molecular flexibility index (Phi) is 5.65. The van der Waals surface area contributed by atoms with Gasteiger partial charge in [-0.1, -0.05) is 36.4 Å². The average molecular weight is 344 g/mol. The summed E-state index contributed by atoms with van der Waals surface area (Å²) in [7, 11) is 0. The Balaban J connectivity index is 2.71. The van der Waals surface area contributed by atoms with Crippen molar-refractivity contribution < 1.29 is 13.0 Å². The van der Waals surface area contributed by atoms with E-state index in [9.17, 15) is 10.2 Å². The van der Waals surface area contributed by atoms with Crippen molar-refractivity contribution in [2.75, 3.05) is 0 Å². The molecule has 0 aliphatic rings. The van der Waals surface area contributed by atoms with E-state index in [0.29, 0.717) is 5.56 Å². The van der Waals surface area contributed by atoms with Gasteiger partial charge < -0.3 is 10.2 Å². The molecule has 3 nitrogen and oxygen atoms in total. The number of aromatic hydroxyl groups is 1. The molecule has 0 heterocycles. The third kappa shape index (κ3) is 4.42. The number of nitrogens with zero attached hydrogens (tertiary/aromatic N) is 1. The molecular formula is C22H31NO2. The zero-order valence-corrected chi connectivity index (χ0v) is 15.8. The first kappa shape index (κ1) is 16.6. The summed E-state index contributed by atoms with van der Waals surface area (Å²) in [6, 6.07) is 15.0. The molecule has 0 saturated heterocycles. The fraction of sp³-hybridized carbons (Fsp3) is 0.455. The van der Waals surface area contributed by atoms with Gasteiger partial charge in [0.1, 0.15) is 5.75 Å². The molecule has 2 rings (SSSR count). The highest BCUT2D eigenvalue weighted by atomic mass is 16.3. The molecule has 2 N–H and O–H groups in total. The van der Waals surface area contributed by atoms with E-state index in [1.165, 1.54) is 12.1 Å². The van der Waals surface area contributed by atoms with E-state index in [1.54, 1.807) is 6.07 Å². The molecule has 0 bridgehead atoms. The highest BCUT2D eigenvalue weighted by molar-refractivity contribution is 5.43. The normalized spacial score (nSPS) is 16.0. The summed E-state index contributed by atoms with van der Waals surface area (Å²) in [5.74, 6) is -0.146. The van der Waals surface area contributed by atoms with Crippen molar-refractivity contribution in [1.82, 2.24) is 4.90 Å². The van der Waals surface area contributed by atoms with Gasteiger partial charge in [0.25, 0.3) is 0 Å². The largest absolute Gasteiger partial charge is 0.508 e. The first-order valence-electron chi connectivity index (χ1n) is 9.92. The molecule has 136 valence electrons. The van der Waals surface area contributed by atoms with Crippen LogP contribution in [0, 0.1) is 0 Å². The van der Waals surface area contributed by atoms with E-state index in [2.05, 4.69) is 39.5 Å². The summed E-state index contributed by atoms with van der Waals surface area (Å²) in [5, 5.41) is 20.3. The van der Waals surface area contributed by atoms with Gasteiger partial charge in [0, 0.05) is 24.0 Å². The molecule has 0 amide bonds. The quantitative estimate of drug-likeness (QED) is 0.776. The predicted molar refractivity (Wildman–Crippen MR) is 104 cm³/mol. The maximum Gasteiger partial charge on any atom is 0.115 e. The van der Waals surface area contributed by atoms with Crippen LogP contribution in [0.2, 0.25) is 0 Å². The summed E-state index contributed by atoms with van der Waals surface area (Å²) >= 11 is 0. The highest BCUT2D eigenvalue weighted by Crippen LogP contribution is 2.36. The van der Waals surface area contributed by atoms with Crippen LogP contribution in [0.5, 0.6) is 5.75 Å². The Morgan fingerprint density at radius 3 is 2.08 bits per heavy atom. The minimum absolute atomic E-state index is 0.0234. The van der Waals surface area contributed by atoms with E-state index in [1.807, 2.05) is 30.3 Å². The minimum Gasteiger partial charge on any atom is -0.508 e. The molecular weight excluding hydrogens is 310 g/mol. The zero-order chi connectivity index (χ0) is 20.4. The maximum absolute atomic E-state index is 10.1. The summed E-state index contributed by atoms with van der Waals surface area (Å²) in [5.41, 5.74) is 1.81. The molecule has 2 atom stereocenters. The molecule has 0 fully saturated rings. The molecule has 0 aliphatic carbocycles. The van der Waals surface area contributed by atoms with Gasteiger partial charge in [-0.05, 0) is 63.4 Å². The van der Waals surface area contributed by atoms with Crippen LogP contribution in [-0.4, -0.2) is 33.2 Å². The van der Waals surface area contributed by atoms with E-state index in [0.717, 1.165) is 5.56 Å². The van der Waals surface area contributed by atoms with Gasteiger partial charge in [0.2, 0.25) is 0 Å². The third-order valence-electron chi connectivity index (χ3n) is 4.79. The van der Waals surface area contributed by atoms with Crippen molar-refractivity contribution in [2.24, 2.45) is 0 Å². The fourth-order valence-electron chi connectivity index (χ4n) is 4.00.